The first-order valence-corrected chi connectivity index (χ1v) is 5.51. The number of hydrogen-bond acceptors (Lipinski definition) is 3. The van der Waals surface area contributed by atoms with E-state index in [-0.39, 0.29) is 5.63 Å². The van der Waals surface area contributed by atoms with E-state index >= 15 is 0 Å². The normalized spacial score (nSPS) is 16.6. The Kier molecular flexibility index (Phi) is 1.93. The number of ether oxygens (including phenoxy) is 1. The predicted molar refractivity (Wildman–Crippen MR) is 66.2 cm³/mol. The summed E-state index contributed by atoms with van der Waals surface area (Å²) in [6, 6.07) is 7.40. The average molecular weight is 228 g/mol. The molecular formula is C14H12O3. The molecule has 3 nitrogen and oxygen atoms in total. The van der Waals surface area contributed by atoms with Gasteiger partial charge >= 0.3 is 5.63 Å². The molecule has 0 unspecified atom stereocenters. The van der Waals surface area contributed by atoms with Crippen molar-refractivity contribution in [2.24, 2.45) is 0 Å². The van der Waals surface area contributed by atoms with Crippen LogP contribution in [0.1, 0.15) is 19.4 Å². The number of benzene rings is 1. The fraction of sp³-hybridized carbons (Fsp3) is 0.214. The smallest absolute Gasteiger partial charge is 0.347 e. The molecule has 3 heteroatoms. The van der Waals surface area contributed by atoms with Crippen molar-refractivity contribution in [1.29, 1.82) is 0 Å². The standard InChI is InChI=1S/C14H12O3/c1-14(2)8-7-10-12(17-14)9-5-3-4-6-11(9)16-13(10)15/h3-8H,1-2H3. The van der Waals surface area contributed by atoms with Gasteiger partial charge in [-0.3, -0.25) is 0 Å². The molecule has 3 rings (SSSR count). The Balaban J connectivity index is 2.41. The first-order chi connectivity index (χ1) is 8.07. The molecule has 0 bridgehead atoms. The lowest BCUT2D eigenvalue weighted by Crippen LogP contribution is -2.29. The SMILES string of the molecule is CC1(C)C=Cc2c(c3ccccc3oc2=O)O1. The summed E-state index contributed by atoms with van der Waals surface area (Å²) in [5.74, 6) is 0.615. The molecule has 0 radical (unpaired) electrons. The Labute approximate surface area is 98.3 Å². The average Bonchev–Trinajstić information content (AvgIpc) is 2.28. The largest absolute Gasteiger partial charge is 0.482 e. The summed E-state index contributed by atoms with van der Waals surface area (Å²) in [5, 5.41) is 0.833. The zero-order valence-electron chi connectivity index (χ0n) is 9.69. The van der Waals surface area contributed by atoms with Crippen molar-refractivity contribution < 1.29 is 9.15 Å². The van der Waals surface area contributed by atoms with Crippen LogP contribution in [0.5, 0.6) is 5.75 Å². The van der Waals surface area contributed by atoms with Gasteiger partial charge in [0.1, 0.15) is 22.5 Å². The fourth-order valence-electron chi connectivity index (χ4n) is 1.97. The van der Waals surface area contributed by atoms with Crippen LogP contribution in [0.3, 0.4) is 0 Å². The highest BCUT2D eigenvalue weighted by atomic mass is 16.5. The van der Waals surface area contributed by atoms with Gasteiger partial charge in [-0.2, -0.15) is 0 Å². The van der Waals surface area contributed by atoms with Gasteiger partial charge in [-0.15, -0.1) is 0 Å². The minimum atomic E-state index is -0.399. The topological polar surface area (TPSA) is 39.4 Å². The molecule has 0 amide bonds. The molecule has 0 N–H and O–H groups in total. The van der Waals surface area contributed by atoms with Gasteiger partial charge in [0, 0.05) is 0 Å². The molecule has 2 aromatic rings. The third-order valence-corrected chi connectivity index (χ3v) is 2.82. The monoisotopic (exact) mass is 228 g/mol. The van der Waals surface area contributed by atoms with Crippen molar-refractivity contribution in [3.05, 3.63) is 46.3 Å². The highest BCUT2D eigenvalue weighted by molar-refractivity contribution is 5.87. The summed E-state index contributed by atoms with van der Waals surface area (Å²) < 4.78 is 11.1. The van der Waals surface area contributed by atoms with Gasteiger partial charge in [0.05, 0.1) is 5.39 Å². The summed E-state index contributed by atoms with van der Waals surface area (Å²) >= 11 is 0. The molecule has 1 aromatic carbocycles. The minimum Gasteiger partial charge on any atom is -0.482 e. The summed E-state index contributed by atoms with van der Waals surface area (Å²) in [5.41, 5.74) is 0.291. The molecule has 1 aliphatic heterocycles. The van der Waals surface area contributed by atoms with Crippen LogP contribution < -0.4 is 10.4 Å². The maximum Gasteiger partial charge on any atom is 0.347 e. The van der Waals surface area contributed by atoms with E-state index in [1.165, 1.54) is 0 Å². The van der Waals surface area contributed by atoms with Gasteiger partial charge < -0.3 is 9.15 Å². The van der Waals surface area contributed by atoms with Gasteiger partial charge in [-0.05, 0) is 38.1 Å². The molecule has 1 aromatic heterocycles. The Hall–Kier alpha value is -2.03. The molecule has 2 heterocycles. The summed E-state index contributed by atoms with van der Waals surface area (Å²) in [4.78, 5) is 11.8. The highest BCUT2D eigenvalue weighted by Gasteiger charge is 2.25. The Morgan fingerprint density at radius 1 is 1.18 bits per heavy atom. The lowest BCUT2D eigenvalue weighted by Gasteiger charge is -2.27. The summed E-state index contributed by atoms with van der Waals surface area (Å²) in [6.07, 6.45) is 3.64. The predicted octanol–water partition coefficient (Wildman–Crippen LogP) is 2.98. The molecular weight excluding hydrogens is 216 g/mol. The van der Waals surface area contributed by atoms with E-state index in [0.29, 0.717) is 16.9 Å². The minimum absolute atomic E-state index is 0.356. The second-order valence-electron chi connectivity index (χ2n) is 4.67. The van der Waals surface area contributed by atoms with Crippen molar-refractivity contribution in [3.63, 3.8) is 0 Å². The van der Waals surface area contributed by atoms with Gasteiger partial charge in [0.15, 0.2) is 0 Å². The Bertz CT molecular complexity index is 677. The fourth-order valence-corrected chi connectivity index (χ4v) is 1.97. The number of para-hydroxylation sites is 1. The molecule has 17 heavy (non-hydrogen) atoms. The van der Waals surface area contributed by atoms with Crippen molar-refractivity contribution in [3.8, 4) is 5.75 Å². The van der Waals surface area contributed by atoms with Crippen LogP contribution >= 0.6 is 0 Å². The van der Waals surface area contributed by atoms with Crippen LogP contribution in [0.2, 0.25) is 0 Å². The second-order valence-corrected chi connectivity index (χ2v) is 4.67. The first-order valence-electron chi connectivity index (χ1n) is 5.51. The number of fused-ring (bicyclic) bond motifs is 3. The molecule has 0 fully saturated rings. The molecule has 1 aliphatic rings. The lowest BCUT2D eigenvalue weighted by atomic mass is 10.0. The van der Waals surface area contributed by atoms with E-state index in [1.807, 2.05) is 38.1 Å². The van der Waals surface area contributed by atoms with E-state index < -0.39 is 5.60 Å². The van der Waals surface area contributed by atoms with Crippen LogP contribution in [-0.2, 0) is 0 Å². The van der Waals surface area contributed by atoms with Gasteiger partial charge in [-0.1, -0.05) is 12.1 Å². The lowest BCUT2D eigenvalue weighted by molar-refractivity contribution is 0.160. The summed E-state index contributed by atoms with van der Waals surface area (Å²) in [6.45, 7) is 3.91. The van der Waals surface area contributed by atoms with Gasteiger partial charge in [0.2, 0.25) is 0 Å². The maximum absolute atomic E-state index is 11.8. The quantitative estimate of drug-likeness (QED) is 0.651. The van der Waals surface area contributed by atoms with Crippen LogP contribution in [0.4, 0.5) is 0 Å². The van der Waals surface area contributed by atoms with E-state index in [0.717, 1.165) is 5.39 Å². The van der Waals surface area contributed by atoms with Crippen LogP contribution in [-0.4, -0.2) is 5.60 Å². The van der Waals surface area contributed by atoms with Crippen LogP contribution in [0.15, 0.2) is 39.6 Å². The summed E-state index contributed by atoms with van der Waals surface area (Å²) in [7, 11) is 0. The molecule has 0 saturated heterocycles. The van der Waals surface area contributed by atoms with E-state index in [2.05, 4.69) is 0 Å². The molecule has 0 spiro atoms. The first kappa shape index (κ1) is 10.1. The number of rotatable bonds is 0. The molecule has 0 aliphatic carbocycles. The second kappa shape index (κ2) is 3.23. The van der Waals surface area contributed by atoms with Crippen molar-refractivity contribution >= 4 is 17.0 Å². The van der Waals surface area contributed by atoms with Crippen molar-refractivity contribution in [1.82, 2.24) is 0 Å². The third kappa shape index (κ3) is 1.55. The van der Waals surface area contributed by atoms with Gasteiger partial charge in [0.25, 0.3) is 0 Å². The van der Waals surface area contributed by atoms with E-state index in [1.54, 1.807) is 12.1 Å². The zero-order chi connectivity index (χ0) is 12.0. The molecule has 0 atom stereocenters. The zero-order valence-corrected chi connectivity index (χ0v) is 9.69. The van der Waals surface area contributed by atoms with Crippen LogP contribution in [0, 0.1) is 0 Å². The van der Waals surface area contributed by atoms with Crippen LogP contribution in [0.25, 0.3) is 17.0 Å². The number of hydrogen-bond donors (Lipinski definition) is 0. The van der Waals surface area contributed by atoms with Crippen molar-refractivity contribution in [2.75, 3.05) is 0 Å². The third-order valence-electron chi connectivity index (χ3n) is 2.82. The Morgan fingerprint density at radius 2 is 1.94 bits per heavy atom. The van der Waals surface area contributed by atoms with E-state index in [9.17, 15) is 4.79 Å². The van der Waals surface area contributed by atoms with Crippen molar-refractivity contribution in [2.45, 2.75) is 19.4 Å². The maximum atomic E-state index is 11.8. The highest BCUT2D eigenvalue weighted by Crippen LogP contribution is 2.34. The molecule has 86 valence electrons. The van der Waals surface area contributed by atoms with E-state index in [4.69, 9.17) is 9.15 Å². The Morgan fingerprint density at radius 3 is 2.76 bits per heavy atom. The van der Waals surface area contributed by atoms with Gasteiger partial charge in [-0.25, -0.2) is 4.79 Å². The molecule has 0 saturated carbocycles.